The highest BCUT2D eigenvalue weighted by molar-refractivity contribution is 8.36. The van der Waals surface area contributed by atoms with E-state index in [1.54, 1.807) is 0 Å². The van der Waals surface area contributed by atoms with Gasteiger partial charge in [-0.1, -0.05) is 189 Å². The maximum atomic E-state index is 4.23. The van der Waals surface area contributed by atoms with Gasteiger partial charge in [0, 0.05) is 31.8 Å². The van der Waals surface area contributed by atoms with Gasteiger partial charge in [-0.05, 0) is 138 Å². The molecule has 0 saturated heterocycles. The van der Waals surface area contributed by atoms with Crippen LogP contribution in [0.4, 0.5) is 11.4 Å². The standard InChI is InChI=1S/C60H55NS/c1-7-10-15-24-47(6)62(56-31-18-13-19-32-56,57-33-20-14-21-34-57)58-35-23-30-55(45-58)61(54-40-36-49(37-41-54)46(4)5)53-29-22-28-50(38-42-53)52-39-43-59(48(9-3)25-11-8-2)60(44-52)51-26-16-12-17-27-51/h7-21,23-45H,1,3-4,22H2,2,5-6H3/b11-8-,15-10-,47-24+,48-25+. The Morgan fingerprint density at radius 2 is 1.26 bits per heavy atom. The molecule has 0 aromatic heterocycles. The highest BCUT2D eigenvalue weighted by Crippen LogP contribution is 2.73. The van der Waals surface area contributed by atoms with Crippen LogP contribution in [-0.4, -0.2) is 0 Å². The van der Waals surface area contributed by atoms with Crippen LogP contribution < -0.4 is 4.90 Å². The third kappa shape index (κ3) is 9.27. The molecule has 306 valence electrons. The van der Waals surface area contributed by atoms with Crippen molar-refractivity contribution < 1.29 is 0 Å². The fourth-order valence-corrected chi connectivity index (χ4v) is 12.0. The Hall–Kier alpha value is -7.13. The third-order valence-electron chi connectivity index (χ3n) is 11.1. The molecule has 1 nitrogen and oxygen atoms in total. The monoisotopic (exact) mass is 821 g/mol. The summed E-state index contributed by atoms with van der Waals surface area (Å²) in [7, 11) is -1.90. The van der Waals surface area contributed by atoms with E-state index in [1.807, 2.05) is 31.2 Å². The predicted octanol–water partition coefficient (Wildman–Crippen LogP) is 17.5. The maximum absolute atomic E-state index is 4.23. The predicted molar refractivity (Wildman–Crippen MR) is 273 cm³/mol. The van der Waals surface area contributed by atoms with E-state index in [1.165, 1.54) is 41.9 Å². The van der Waals surface area contributed by atoms with Gasteiger partial charge in [-0.15, -0.1) is 10.0 Å². The third-order valence-corrected chi connectivity index (χ3v) is 15.1. The van der Waals surface area contributed by atoms with Crippen LogP contribution in [0.5, 0.6) is 0 Å². The van der Waals surface area contributed by atoms with Crippen molar-refractivity contribution in [3.63, 3.8) is 0 Å². The van der Waals surface area contributed by atoms with Gasteiger partial charge in [-0.3, -0.25) is 0 Å². The smallest absolute Gasteiger partial charge is 0.0472 e. The zero-order valence-corrected chi connectivity index (χ0v) is 36.9. The summed E-state index contributed by atoms with van der Waals surface area (Å²) in [5.74, 6) is 0. The summed E-state index contributed by atoms with van der Waals surface area (Å²) in [6.07, 6.45) is 26.4. The Morgan fingerprint density at radius 3 is 1.89 bits per heavy atom. The Morgan fingerprint density at radius 1 is 0.597 bits per heavy atom. The maximum Gasteiger partial charge on any atom is 0.0472 e. The second-order valence-corrected chi connectivity index (χ2v) is 18.4. The molecule has 0 aliphatic heterocycles. The lowest BCUT2D eigenvalue weighted by atomic mass is 9.90. The number of anilines is 2. The molecule has 7 rings (SSSR count). The fourth-order valence-electron chi connectivity index (χ4n) is 8.04. The van der Waals surface area contributed by atoms with Crippen molar-refractivity contribution in [3.8, 4) is 11.1 Å². The SMILES string of the molecule is C=C/C=C\C=C(/C)S(c1ccccc1)(c1ccccc1)c1cccc(N(C2=CCC=C(c3ccc(/C(C=C)=C/C=C\C)c(-c4ccccc4)c3)C=C2)c2ccc(C(=C)C)cc2)c1. The van der Waals surface area contributed by atoms with E-state index < -0.39 is 10.0 Å². The molecule has 62 heavy (non-hydrogen) atoms. The van der Waals surface area contributed by atoms with Gasteiger partial charge in [-0.2, -0.15) is 0 Å². The molecule has 0 amide bonds. The molecule has 0 spiro atoms. The van der Waals surface area contributed by atoms with Crippen LogP contribution in [0.1, 0.15) is 43.9 Å². The van der Waals surface area contributed by atoms with Crippen LogP contribution in [0, 0.1) is 0 Å². The molecule has 0 saturated carbocycles. The molecule has 0 fully saturated rings. The van der Waals surface area contributed by atoms with Crippen molar-refractivity contribution in [2.24, 2.45) is 0 Å². The van der Waals surface area contributed by atoms with Crippen LogP contribution in [0.3, 0.4) is 0 Å². The van der Waals surface area contributed by atoms with Gasteiger partial charge in [0.05, 0.1) is 0 Å². The highest BCUT2D eigenvalue weighted by Gasteiger charge is 2.33. The lowest BCUT2D eigenvalue weighted by Crippen LogP contribution is -2.16. The molecule has 6 aromatic rings. The minimum atomic E-state index is -1.90. The lowest BCUT2D eigenvalue weighted by Gasteiger charge is -2.43. The second-order valence-electron chi connectivity index (χ2n) is 15.1. The van der Waals surface area contributed by atoms with E-state index in [9.17, 15) is 0 Å². The van der Waals surface area contributed by atoms with Gasteiger partial charge in [0.15, 0.2) is 0 Å². The lowest BCUT2D eigenvalue weighted by molar-refractivity contribution is 1.17. The number of hydrogen-bond donors (Lipinski definition) is 0. The quantitative estimate of drug-likeness (QED) is 0.0933. The number of rotatable bonds is 15. The molecule has 6 aromatic carbocycles. The Balaban J connectivity index is 1.37. The minimum Gasteiger partial charge on any atom is -0.311 e. The van der Waals surface area contributed by atoms with E-state index in [2.05, 4.69) is 245 Å². The van der Waals surface area contributed by atoms with Gasteiger partial charge in [0.25, 0.3) is 0 Å². The van der Waals surface area contributed by atoms with Crippen molar-refractivity contribution in [3.05, 3.63) is 278 Å². The molecule has 0 atom stereocenters. The van der Waals surface area contributed by atoms with Crippen molar-refractivity contribution in [2.45, 2.75) is 41.9 Å². The summed E-state index contributed by atoms with van der Waals surface area (Å²) in [5.41, 5.74) is 12.4. The number of benzene rings is 6. The van der Waals surface area contributed by atoms with Crippen molar-refractivity contribution in [1.29, 1.82) is 0 Å². The van der Waals surface area contributed by atoms with Crippen molar-refractivity contribution >= 4 is 38.1 Å². The van der Waals surface area contributed by atoms with Crippen LogP contribution in [0.2, 0.25) is 0 Å². The van der Waals surface area contributed by atoms with Crippen LogP contribution in [-0.2, 0) is 0 Å². The first-order chi connectivity index (χ1) is 30.4. The molecule has 1 aliphatic carbocycles. The largest absolute Gasteiger partial charge is 0.311 e. The van der Waals surface area contributed by atoms with Crippen LogP contribution in [0.25, 0.3) is 27.8 Å². The van der Waals surface area contributed by atoms with E-state index in [-0.39, 0.29) is 0 Å². The highest BCUT2D eigenvalue weighted by atomic mass is 32.3. The summed E-state index contributed by atoms with van der Waals surface area (Å²) in [4.78, 5) is 7.49. The normalized spacial score (nSPS) is 13.7. The molecule has 0 unspecified atom stereocenters. The molecule has 0 bridgehead atoms. The molecule has 0 N–H and O–H groups in total. The zero-order chi connectivity index (χ0) is 43.3. The summed E-state index contributed by atoms with van der Waals surface area (Å²) in [5, 5.41) is 0. The first kappa shape index (κ1) is 43.0. The van der Waals surface area contributed by atoms with Crippen LogP contribution >= 0.6 is 10.0 Å². The molecular weight excluding hydrogens is 767 g/mol. The minimum absolute atomic E-state index is 0.764. The van der Waals surface area contributed by atoms with Crippen molar-refractivity contribution in [1.82, 2.24) is 0 Å². The average molecular weight is 822 g/mol. The number of hydrogen-bond acceptors (Lipinski definition) is 1. The molecular formula is C60H55NS. The van der Waals surface area contributed by atoms with Gasteiger partial charge in [-0.25, -0.2) is 0 Å². The molecule has 0 radical (unpaired) electrons. The molecule has 0 heterocycles. The van der Waals surface area contributed by atoms with Crippen molar-refractivity contribution in [2.75, 3.05) is 4.90 Å². The second kappa shape index (κ2) is 20.4. The van der Waals surface area contributed by atoms with E-state index in [0.29, 0.717) is 0 Å². The Kier molecular flexibility index (Phi) is 14.2. The Labute approximate surface area is 371 Å². The summed E-state index contributed by atoms with van der Waals surface area (Å²) in [6.45, 7) is 18.7. The van der Waals surface area contributed by atoms with Gasteiger partial charge < -0.3 is 4.90 Å². The topological polar surface area (TPSA) is 3.24 Å². The van der Waals surface area contributed by atoms with E-state index >= 15 is 0 Å². The number of allylic oxidation sites excluding steroid dienone is 16. The summed E-state index contributed by atoms with van der Waals surface area (Å²) >= 11 is 0. The average Bonchev–Trinajstić information content (AvgIpc) is 3.57. The van der Waals surface area contributed by atoms with Gasteiger partial charge in [0.2, 0.25) is 0 Å². The number of nitrogens with zero attached hydrogens (tertiary/aromatic N) is 1. The summed E-state index contributed by atoms with van der Waals surface area (Å²) in [6, 6.07) is 57.4. The molecule has 2 heteroatoms. The zero-order valence-electron chi connectivity index (χ0n) is 36.1. The van der Waals surface area contributed by atoms with Crippen LogP contribution in [0.15, 0.2) is 276 Å². The summed E-state index contributed by atoms with van der Waals surface area (Å²) < 4.78 is 0. The fraction of sp³-hybridized carbons (Fsp3) is 0.0667. The first-order valence-corrected chi connectivity index (χ1v) is 22.8. The van der Waals surface area contributed by atoms with Gasteiger partial charge in [0.1, 0.15) is 0 Å². The first-order valence-electron chi connectivity index (χ1n) is 21.2. The van der Waals surface area contributed by atoms with E-state index in [0.717, 1.165) is 45.8 Å². The van der Waals surface area contributed by atoms with E-state index in [4.69, 9.17) is 0 Å². The van der Waals surface area contributed by atoms with Gasteiger partial charge >= 0.3 is 0 Å². The Bertz CT molecular complexity index is 2720. The molecule has 1 aliphatic rings.